The Balaban J connectivity index is 1.28. The number of benzene rings is 1. The molecule has 1 atom stereocenters. The fraction of sp³-hybridized carbons (Fsp3) is 0.667. The highest BCUT2D eigenvalue weighted by Crippen LogP contribution is 2.50. The lowest BCUT2D eigenvalue weighted by Crippen LogP contribution is -2.61. The van der Waals surface area contributed by atoms with Crippen molar-refractivity contribution in [3.63, 3.8) is 0 Å². The van der Waals surface area contributed by atoms with Gasteiger partial charge in [-0.05, 0) is 63.9 Å². The average molecular weight is 327 g/mol. The molecule has 1 saturated heterocycles. The van der Waals surface area contributed by atoms with Crippen molar-refractivity contribution in [1.82, 2.24) is 4.90 Å². The van der Waals surface area contributed by atoms with Gasteiger partial charge < -0.3 is 10.0 Å². The number of likely N-dealkylation sites (tertiary alicyclic amines) is 1. The van der Waals surface area contributed by atoms with E-state index >= 15 is 0 Å². The summed E-state index contributed by atoms with van der Waals surface area (Å²) in [5.41, 5.74) is 2.60. The zero-order chi connectivity index (χ0) is 16.9. The normalized spacial score (nSPS) is 34.0. The first-order chi connectivity index (χ1) is 11.3. The molecule has 24 heavy (non-hydrogen) atoms. The van der Waals surface area contributed by atoms with Crippen molar-refractivity contribution in [1.29, 1.82) is 0 Å². The summed E-state index contributed by atoms with van der Waals surface area (Å²) < 4.78 is 0. The van der Waals surface area contributed by atoms with Gasteiger partial charge in [0.05, 0.1) is 5.60 Å². The summed E-state index contributed by atoms with van der Waals surface area (Å²) in [6, 6.07) is 8.88. The van der Waals surface area contributed by atoms with Gasteiger partial charge in [-0.1, -0.05) is 29.8 Å². The van der Waals surface area contributed by atoms with E-state index in [0.29, 0.717) is 18.3 Å². The largest absolute Gasteiger partial charge is 0.390 e. The second-order valence-electron chi connectivity index (χ2n) is 9.10. The maximum atomic E-state index is 12.5. The van der Waals surface area contributed by atoms with E-state index in [2.05, 4.69) is 36.1 Å². The van der Waals surface area contributed by atoms with Gasteiger partial charge >= 0.3 is 0 Å². The highest BCUT2D eigenvalue weighted by molar-refractivity contribution is 5.81. The molecule has 4 rings (SSSR count). The molecule has 0 radical (unpaired) electrons. The standard InChI is InChI=1S/C21H29NO2/c1-15-4-3-5-16(8-15)9-17-6-7-21(10-17)13-22(14-21)19(23)18-11-20(2,24)12-18/h3-5,8,17-18,24H,6-7,9-14H2,1-2H3/t17?,18-,20+. The van der Waals surface area contributed by atoms with E-state index in [1.807, 2.05) is 6.92 Å². The van der Waals surface area contributed by atoms with E-state index in [1.54, 1.807) is 0 Å². The van der Waals surface area contributed by atoms with Crippen molar-refractivity contribution in [2.75, 3.05) is 13.1 Å². The number of carbonyl (C=O) groups excluding carboxylic acids is 1. The third-order valence-electron chi connectivity index (χ3n) is 6.50. The molecule has 1 unspecified atom stereocenters. The first-order valence-electron chi connectivity index (χ1n) is 9.41. The highest BCUT2D eigenvalue weighted by atomic mass is 16.3. The first kappa shape index (κ1) is 16.1. The van der Waals surface area contributed by atoms with Gasteiger partial charge in [-0.2, -0.15) is 0 Å². The second-order valence-corrected chi connectivity index (χ2v) is 9.10. The minimum Gasteiger partial charge on any atom is -0.390 e. The predicted molar refractivity (Wildman–Crippen MR) is 94.6 cm³/mol. The molecule has 3 fully saturated rings. The van der Waals surface area contributed by atoms with Crippen LogP contribution in [0.4, 0.5) is 0 Å². The molecule has 1 N–H and O–H groups in total. The fourth-order valence-electron chi connectivity index (χ4n) is 5.31. The minimum absolute atomic E-state index is 0.0712. The summed E-state index contributed by atoms with van der Waals surface area (Å²) >= 11 is 0. The van der Waals surface area contributed by atoms with Crippen LogP contribution in [-0.4, -0.2) is 34.6 Å². The molecule has 1 aromatic rings. The second kappa shape index (κ2) is 5.59. The number of hydrogen-bond donors (Lipinski definition) is 1. The molecule has 3 nitrogen and oxygen atoms in total. The van der Waals surface area contributed by atoms with E-state index in [0.717, 1.165) is 19.0 Å². The van der Waals surface area contributed by atoms with Gasteiger partial charge in [0.2, 0.25) is 5.91 Å². The molecule has 1 amide bonds. The van der Waals surface area contributed by atoms with Crippen molar-refractivity contribution >= 4 is 5.91 Å². The van der Waals surface area contributed by atoms with Crippen LogP contribution in [0, 0.1) is 24.2 Å². The molecular weight excluding hydrogens is 298 g/mol. The number of amides is 1. The summed E-state index contributed by atoms with van der Waals surface area (Å²) in [7, 11) is 0. The molecule has 2 aliphatic carbocycles. The number of aryl methyl sites for hydroxylation is 1. The van der Waals surface area contributed by atoms with Gasteiger partial charge in [-0.3, -0.25) is 4.79 Å². The van der Waals surface area contributed by atoms with E-state index in [-0.39, 0.29) is 11.8 Å². The Kier molecular flexibility index (Phi) is 3.76. The van der Waals surface area contributed by atoms with Crippen LogP contribution in [0.1, 0.15) is 50.2 Å². The Labute approximate surface area is 145 Å². The van der Waals surface area contributed by atoms with Crippen LogP contribution < -0.4 is 0 Å². The summed E-state index contributed by atoms with van der Waals surface area (Å²) in [6.45, 7) is 5.90. The van der Waals surface area contributed by atoms with E-state index < -0.39 is 5.60 Å². The number of carbonyl (C=O) groups is 1. The summed E-state index contributed by atoms with van der Waals surface area (Å²) in [5, 5.41) is 9.83. The predicted octanol–water partition coefficient (Wildman–Crippen LogP) is 3.33. The van der Waals surface area contributed by atoms with Crippen LogP contribution in [0.3, 0.4) is 0 Å². The molecular formula is C21H29NO2. The van der Waals surface area contributed by atoms with Crippen molar-refractivity contribution < 1.29 is 9.90 Å². The van der Waals surface area contributed by atoms with E-state index in [4.69, 9.17) is 0 Å². The van der Waals surface area contributed by atoms with Crippen molar-refractivity contribution in [2.24, 2.45) is 17.3 Å². The van der Waals surface area contributed by atoms with Crippen LogP contribution in [0.5, 0.6) is 0 Å². The molecule has 0 aromatic heterocycles. The Morgan fingerprint density at radius 2 is 2.04 bits per heavy atom. The van der Waals surface area contributed by atoms with Gasteiger partial charge in [0.1, 0.15) is 0 Å². The molecule has 2 saturated carbocycles. The van der Waals surface area contributed by atoms with Crippen molar-refractivity contribution in [3.05, 3.63) is 35.4 Å². The minimum atomic E-state index is -0.602. The average Bonchev–Trinajstić information content (AvgIpc) is 2.86. The van der Waals surface area contributed by atoms with Crippen LogP contribution in [0.25, 0.3) is 0 Å². The number of rotatable bonds is 3. The maximum Gasteiger partial charge on any atom is 0.225 e. The third-order valence-corrected chi connectivity index (χ3v) is 6.50. The molecule has 1 heterocycles. The molecule has 1 spiro atoms. The molecule has 0 bridgehead atoms. The molecule has 1 aliphatic heterocycles. The van der Waals surface area contributed by atoms with Crippen molar-refractivity contribution in [2.45, 2.75) is 58.0 Å². The third kappa shape index (κ3) is 2.99. The van der Waals surface area contributed by atoms with Crippen LogP contribution in [-0.2, 0) is 11.2 Å². The fourth-order valence-corrected chi connectivity index (χ4v) is 5.31. The zero-order valence-corrected chi connectivity index (χ0v) is 14.9. The Morgan fingerprint density at radius 1 is 1.29 bits per heavy atom. The summed E-state index contributed by atoms with van der Waals surface area (Å²) in [4.78, 5) is 14.5. The van der Waals surface area contributed by atoms with Crippen LogP contribution >= 0.6 is 0 Å². The molecule has 1 aromatic carbocycles. The number of hydrogen-bond acceptors (Lipinski definition) is 2. The van der Waals surface area contributed by atoms with E-state index in [9.17, 15) is 9.90 Å². The first-order valence-corrected chi connectivity index (χ1v) is 9.41. The van der Waals surface area contributed by atoms with Gasteiger partial charge in [0, 0.05) is 24.4 Å². The topological polar surface area (TPSA) is 40.5 Å². The van der Waals surface area contributed by atoms with Crippen LogP contribution in [0.2, 0.25) is 0 Å². The summed E-state index contributed by atoms with van der Waals surface area (Å²) in [5.74, 6) is 1.13. The molecule has 3 heteroatoms. The van der Waals surface area contributed by atoms with Crippen molar-refractivity contribution in [3.8, 4) is 0 Å². The quantitative estimate of drug-likeness (QED) is 0.925. The van der Waals surface area contributed by atoms with Gasteiger partial charge in [-0.15, -0.1) is 0 Å². The molecule has 3 aliphatic rings. The maximum absolute atomic E-state index is 12.5. The number of nitrogens with zero attached hydrogens (tertiary/aromatic N) is 1. The Hall–Kier alpha value is -1.35. The SMILES string of the molecule is Cc1cccc(CC2CCC3(C2)CN(C(=O)[C@H]2C[C@@](C)(O)C2)C3)c1. The number of aliphatic hydroxyl groups is 1. The Morgan fingerprint density at radius 3 is 2.71 bits per heavy atom. The summed E-state index contributed by atoms with van der Waals surface area (Å²) in [6.07, 6.45) is 6.32. The van der Waals surface area contributed by atoms with Gasteiger partial charge in [0.25, 0.3) is 0 Å². The highest BCUT2D eigenvalue weighted by Gasteiger charge is 2.52. The Bertz CT molecular complexity index is 637. The molecule has 130 valence electrons. The smallest absolute Gasteiger partial charge is 0.225 e. The lowest BCUT2D eigenvalue weighted by Gasteiger charge is -2.52. The monoisotopic (exact) mass is 327 g/mol. The lowest BCUT2D eigenvalue weighted by molar-refractivity contribution is -0.161. The van der Waals surface area contributed by atoms with E-state index in [1.165, 1.54) is 36.8 Å². The van der Waals surface area contributed by atoms with Gasteiger partial charge in [-0.25, -0.2) is 0 Å². The van der Waals surface area contributed by atoms with Gasteiger partial charge in [0.15, 0.2) is 0 Å². The lowest BCUT2D eigenvalue weighted by atomic mass is 9.69. The van der Waals surface area contributed by atoms with Crippen LogP contribution in [0.15, 0.2) is 24.3 Å². The zero-order valence-electron chi connectivity index (χ0n) is 14.9.